The van der Waals surface area contributed by atoms with E-state index >= 15 is 0 Å². The molecule has 1 heterocycles. The molecule has 0 aliphatic heterocycles. The van der Waals surface area contributed by atoms with Gasteiger partial charge in [0.1, 0.15) is 17.3 Å². The molecule has 0 saturated heterocycles. The van der Waals surface area contributed by atoms with Crippen molar-refractivity contribution in [3.63, 3.8) is 0 Å². The molecule has 0 atom stereocenters. The second-order valence-corrected chi connectivity index (χ2v) is 4.75. The third-order valence-corrected chi connectivity index (χ3v) is 2.46. The summed E-state index contributed by atoms with van der Waals surface area (Å²) < 4.78 is 38.0. The number of nitrogens with zero attached hydrogens (tertiary/aromatic N) is 2. The lowest BCUT2D eigenvalue weighted by molar-refractivity contribution is -0.141. The summed E-state index contributed by atoms with van der Waals surface area (Å²) in [7, 11) is 1.63. The monoisotopic (exact) mass is 274 g/mol. The van der Waals surface area contributed by atoms with Gasteiger partial charge in [0, 0.05) is 13.6 Å². The van der Waals surface area contributed by atoms with E-state index in [9.17, 15) is 13.2 Å². The highest BCUT2D eigenvalue weighted by atomic mass is 19.4. The summed E-state index contributed by atoms with van der Waals surface area (Å²) in [4.78, 5) is 5.18. The van der Waals surface area contributed by atoms with E-state index in [-0.39, 0.29) is 23.1 Å². The second-order valence-electron chi connectivity index (χ2n) is 4.75. The number of hydrogen-bond donors (Lipinski definition) is 2. The molecule has 0 saturated carbocycles. The van der Waals surface area contributed by atoms with Crippen LogP contribution < -0.4 is 10.6 Å². The van der Waals surface area contributed by atoms with E-state index in [0.29, 0.717) is 6.54 Å². The van der Waals surface area contributed by atoms with E-state index in [2.05, 4.69) is 4.98 Å². The fraction of sp³-hybridized carbons (Fsp3) is 0.500. The van der Waals surface area contributed by atoms with Crippen LogP contribution in [0.5, 0.6) is 0 Å². The van der Waals surface area contributed by atoms with Crippen LogP contribution in [-0.2, 0) is 6.18 Å². The standard InChI is InChI=1S/C12H17F3N4/c1-7(2)6-19(3)11-8(10(16)17)4-5-9(18-11)12(13,14)15/h4-5,7H,6H2,1-3H3,(H3,16,17). The molecule has 0 radical (unpaired) electrons. The maximum absolute atomic E-state index is 12.7. The van der Waals surface area contributed by atoms with Crippen LogP contribution in [-0.4, -0.2) is 24.4 Å². The molecule has 0 spiro atoms. The number of amidine groups is 1. The van der Waals surface area contributed by atoms with Gasteiger partial charge in [-0.2, -0.15) is 13.2 Å². The highest BCUT2D eigenvalue weighted by Gasteiger charge is 2.33. The third-order valence-electron chi connectivity index (χ3n) is 2.46. The van der Waals surface area contributed by atoms with E-state index < -0.39 is 11.9 Å². The lowest BCUT2D eigenvalue weighted by atomic mass is 10.1. The summed E-state index contributed by atoms with van der Waals surface area (Å²) in [6.07, 6.45) is -4.51. The molecule has 19 heavy (non-hydrogen) atoms. The molecule has 0 unspecified atom stereocenters. The molecule has 7 heteroatoms. The van der Waals surface area contributed by atoms with Crippen molar-refractivity contribution in [2.45, 2.75) is 20.0 Å². The molecular formula is C12H17F3N4. The maximum atomic E-state index is 12.7. The Balaban J connectivity index is 3.27. The van der Waals surface area contributed by atoms with E-state index in [4.69, 9.17) is 11.1 Å². The van der Waals surface area contributed by atoms with Gasteiger partial charge in [0.25, 0.3) is 0 Å². The molecule has 0 fully saturated rings. The lowest BCUT2D eigenvalue weighted by Gasteiger charge is -2.23. The number of aromatic nitrogens is 1. The first kappa shape index (κ1) is 15.3. The van der Waals surface area contributed by atoms with Crippen molar-refractivity contribution in [1.82, 2.24) is 4.98 Å². The van der Waals surface area contributed by atoms with Crippen molar-refractivity contribution in [3.8, 4) is 0 Å². The molecule has 4 nitrogen and oxygen atoms in total. The molecule has 0 bridgehead atoms. The molecule has 3 N–H and O–H groups in total. The van der Waals surface area contributed by atoms with Crippen LogP contribution in [0, 0.1) is 11.3 Å². The lowest BCUT2D eigenvalue weighted by Crippen LogP contribution is -2.28. The van der Waals surface area contributed by atoms with Crippen molar-refractivity contribution in [3.05, 3.63) is 23.4 Å². The predicted molar refractivity (Wildman–Crippen MR) is 68.4 cm³/mol. The van der Waals surface area contributed by atoms with Crippen LogP contribution >= 0.6 is 0 Å². The Hall–Kier alpha value is -1.79. The highest BCUT2D eigenvalue weighted by Crippen LogP contribution is 2.30. The number of anilines is 1. The van der Waals surface area contributed by atoms with Crippen molar-refractivity contribution >= 4 is 11.7 Å². The highest BCUT2D eigenvalue weighted by molar-refractivity contribution is 5.99. The summed E-state index contributed by atoms with van der Waals surface area (Å²) in [5.74, 6) is 0.0315. The van der Waals surface area contributed by atoms with Crippen molar-refractivity contribution < 1.29 is 13.2 Å². The van der Waals surface area contributed by atoms with Crippen LogP contribution in [0.15, 0.2) is 12.1 Å². The average Bonchev–Trinajstić information content (AvgIpc) is 2.25. The number of rotatable bonds is 4. The Morgan fingerprint density at radius 1 is 1.42 bits per heavy atom. The van der Waals surface area contributed by atoms with Crippen molar-refractivity contribution in [2.24, 2.45) is 11.7 Å². The Morgan fingerprint density at radius 2 is 2.00 bits per heavy atom. The zero-order chi connectivity index (χ0) is 14.8. The summed E-state index contributed by atoms with van der Waals surface area (Å²) >= 11 is 0. The van der Waals surface area contributed by atoms with Gasteiger partial charge in [0.15, 0.2) is 0 Å². The summed E-state index contributed by atoms with van der Waals surface area (Å²) in [5, 5.41) is 7.41. The molecule has 1 rings (SSSR count). The predicted octanol–water partition coefficient (Wildman–Crippen LogP) is 2.48. The fourth-order valence-corrected chi connectivity index (χ4v) is 1.74. The number of nitrogens with two attached hydrogens (primary N) is 1. The fourth-order valence-electron chi connectivity index (χ4n) is 1.74. The van der Waals surface area contributed by atoms with Crippen LogP contribution in [0.4, 0.5) is 19.0 Å². The molecular weight excluding hydrogens is 257 g/mol. The van der Waals surface area contributed by atoms with Crippen LogP contribution in [0.3, 0.4) is 0 Å². The normalized spacial score (nSPS) is 11.7. The summed E-state index contributed by atoms with van der Waals surface area (Å²) in [6.45, 7) is 4.41. The Kier molecular flexibility index (Phi) is 4.39. The average molecular weight is 274 g/mol. The molecule has 1 aromatic rings. The number of halogens is 3. The van der Waals surface area contributed by atoms with E-state index in [1.54, 1.807) is 11.9 Å². The van der Waals surface area contributed by atoms with Gasteiger partial charge in [-0.3, -0.25) is 5.41 Å². The smallest absolute Gasteiger partial charge is 0.384 e. The minimum atomic E-state index is -4.51. The summed E-state index contributed by atoms with van der Waals surface area (Å²) in [5.41, 5.74) is 4.60. The van der Waals surface area contributed by atoms with Gasteiger partial charge >= 0.3 is 6.18 Å². The quantitative estimate of drug-likeness (QED) is 0.654. The maximum Gasteiger partial charge on any atom is 0.433 e. The molecule has 1 aromatic heterocycles. The van der Waals surface area contributed by atoms with Gasteiger partial charge in [0.2, 0.25) is 0 Å². The zero-order valence-electron chi connectivity index (χ0n) is 11.0. The van der Waals surface area contributed by atoms with Gasteiger partial charge in [-0.15, -0.1) is 0 Å². The number of alkyl halides is 3. The van der Waals surface area contributed by atoms with Crippen molar-refractivity contribution in [2.75, 3.05) is 18.5 Å². The van der Waals surface area contributed by atoms with Crippen LogP contribution in [0.2, 0.25) is 0 Å². The van der Waals surface area contributed by atoms with Gasteiger partial charge in [-0.25, -0.2) is 4.98 Å². The first-order chi connectivity index (χ1) is 8.62. The number of nitrogens with one attached hydrogen (secondary N) is 1. The first-order valence-electron chi connectivity index (χ1n) is 5.76. The Bertz CT molecular complexity index is 469. The molecule has 0 aliphatic rings. The van der Waals surface area contributed by atoms with Gasteiger partial charge in [-0.1, -0.05) is 13.8 Å². The second kappa shape index (κ2) is 5.46. The third kappa shape index (κ3) is 3.84. The van der Waals surface area contributed by atoms with Crippen LogP contribution in [0.1, 0.15) is 25.1 Å². The van der Waals surface area contributed by atoms with E-state index in [1.807, 2.05) is 13.8 Å². The van der Waals surface area contributed by atoms with Gasteiger partial charge < -0.3 is 10.6 Å². The number of hydrogen-bond acceptors (Lipinski definition) is 3. The molecule has 0 aliphatic carbocycles. The minimum Gasteiger partial charge on any atom is -0.384 e. The largest absolute Gasteiger partial charge is 0.433 e. The molecule has 0 amide bonds. The van der Waals surface area contributed by atoms with Gasteiger partial charge in [0.05, 0.1) is 5.56 Å². The SMILES string of the molecule is CC(C)CN(C)c1nc(C(F)(F)F)ccc1C(=N)N. The van der Waals surface area contributed by atoms with E-state index in [1.165, 1.54) is 6.07 Å². The first-order valence-corrected chi connectivity index (χ1v) is 5.76. The van der Waals surface area contributed by atoms with Gasteiger partial charge in [-0.05, 0) is 18.1 Å². The van der Waals surface area contributed by atoms with E-state index in [0.717, 1.165) is 6.07 Å². The number of nitrogen functional groups attached to an aromatic ring is 1. The molecule has 0 aromatic carbocycles. The minimum absolute atomic E-state index is 0.0797. The Morgan fingerprint density at radius 3 is 2.42 bits per heavy atom. The van der Waals surface area contributed by atoms with Crippen LogP contribution in [0.25, 0.3) is 0 Å². The molecule has 106 valence electrons. The zero-order valence-corrected chi connectivity index (χ0v) is 11.0. The Labute approximate surface area is 109 Å². The number of pyridine rings is 1. The van der Waals surface area contributed by atoms with Crippen molar-refractivity contribution in [1.29, 1.82) is 5.41 Å². The topological polar surface area (TPSA) is 66.0 Å². The summed E-state index contributed by atoms with van der Waals surface area (Å²) in [6, 6.07) is 2.02.